The predicted octanol–water partition coefficient (Wildman–Crippen LogP) is 4.44. The van der Waals surface area contributed by atoms with E-state index in [-0.39, 0.29) is 6.04 Å². The summed E-state index contributed by atoms with van der Waals surface area (Å²) in [4.78, 5) is 3.96. The molecule has 1 aliphatic heterocycles. The third-order valence-electron chi connectivity index (χ3n) is 4.04. The van der Waals surface area contributed by atoms with Gasteiger partial charge >= 0.3 is 0 Å². The smallest absolute Gasteiger partial charge is 0.0931 e. The van der Waals surface area contributed by atoms with Gasteiger partial charge in [-0.3, -0.25) is 4.90 Å². The number of nitrogens with two attached hydrogens (primary N) is 1. The zero-order chi connectivity index (χ0) is 13.8. The summed E-state index contributed by atoms with van der Waals surface area (Å²) in [6.45, 7) is 5.57. The molecule has 108 valence electrons. The van der Waals surface area contributed by atoms with E-state index in [9.17, 15) is 0 Å². The Morgan fingerprint density at radius 1 is 1.47 bits per heavy atom. The lowest BCUT2D eigenvalue weighted by Crippen LogP contribution is -2.47. The van der Waals surface area contributed by atoms with Crippen LogP contribution >= 0.6 is 22.9 Å². The third kappa shape index (κ3) is 3.72. The van der Waals surface area contributed by atoms with Gasteiger partial charge in [0, 0.05) is 17.0 Å². The van der Waals surface area contributed by atoms with Gasteiger partial charge in [0.05, 0.1) is 10.4 Å². The van der Waals surface area contributed by atoms with Crippen LogP contribution in [-0.4, -0.2) is 23.5 Å². The summed E-state index contributed by atoms with van der Waals surface area (Å²) in [5.41, 5.74) is 6.29. The van der Waals surface area contributed by atoms with Crippen molar-refractivity contribution in [2.45, 2.75) is 64.1 Å². The van der Waals surface area contributed by atoms with Crippen molar-refractivity contribution in [2.24, 2.45) is 5.73 Å². The van der Waals surface area contributed by atoms with Gasteiger partial charge in [-0.05, 0) is 44.9 Å². The number of hydrogen-bond donors (Lipinski definition) is 1. The molecule has 2 N–H and O–H groups in total. The average molecular weight is 301 g/mol. The first kappa shape index (κ1) is 15.3. The fraction of sp³-hybridized carbons (Fsp3) is 0.733. The molecule has 1 fully saturated rings. The van der Waals surface area contributed by atoms with Gasteiger partial charge in [-0.15, -0.1) is 11.3 Å². The lowest BCUT2D eigenvalue weighted by Gasteiger charge is -2.42. The maximum Gasteiger partial charge on any atom is 0.0931 e. The number of halogens is 1. The lowest BCUT2D eigenvalue weighted by molar-refractivity contribution is 0.0782. The molecule has 1 aliphatic rings. The van der Waals surface area contributed by atoms with Gasteiger partial charge in [0.1, 0.15) is 0 Å². The van der Waals surface area contributed by atoms with Gasteiger partial charge in [0.25, 0.3) is 0 Å². The van der Waals surface area contributed by atoms with Crippen LogP contribution in [-0.2, 0) is 0 Å². The molecular weight excluding hydrogens is 276 g/mol. The van der Waals surface area contributed by atoms with E-state index >= 15 is 0 Å². The number of piperidine rings is 1. The zero-order valence-electron chi connectivity index (χ0n) is 11.9. The first-order chi connectivity index (χ1) is 9.13. The summed E-state index contributed by atoms with van der Waals surface area (Å²) in [6.07, 6.45) is 6.50. The van der Waals surface area contributed by atoms with E-state index < -0.39 is 0 Å². The summed E-state index contributed by atoms with van der Waals surface area (Å²) in [6, 6.07) is 5.31. The van der Waals surface area contributed by atoms with E-state index in [1.807, 2.05) is 6.07 Å². The van der Waals surface area contributed by atoms with Gasteiger partial charge in [0.2, 0.25) is 0 Å². The first-order valence-corrected chi connectivity index (χ1v) is 8.59. The molecule has 2 heterocycles. The molecule has 1 aromatic rings. The number of thiophene rings is 1. The van der Waals surface area contributed by atoms with Crippen LogP contribution in [0.4, 0.5) is 0 Å². The van der Waals surface area contributed by atoms with Gasteiger partial charge in [0.15, 0.2) is 0 Å². The molecule has 2 nitrogen and oxygen atoms in total. The SMILES string of the molecule is CCCC1CCCCN1C(c1ccc(Cl)s1)C(C)N. The highest BCUT2D eigenvalue weighted by atomic mass is 35.5. The van der Waals surface area contributed by atoms with E-state index in [2.05, 4.69) is 24.8 Å². The molecule has 0 bridgehead atoms. The van der Waals surface area contributed by atoms with Crippen molar-refractivity contribution in [2.75, 3.05) is 6.54 Å². The van der Waals surface area contributed by atoms with Crippen molar-refractivity contribution in [1.29, 1.82) is 0 Å². The van der Waals surface area contributed by atoms with Gasteiger partial charge in [-0.2, -0.15) is 0 Å². The van der Waals surface area contributed by atoms with Crippen molar-refractivity contribution in [3.63, 3.8) is 0 Å². The molecular formula is C15H25ClN2S. The maximum atomic E-state index is 6.29. The Morgan fingerprint density at radius 2 is 2.26 bits per heavy atom. The molecule has 3 unspecified atom stereocenters. The minimum absolute atomic E-state index is 0.146. The second-order valence-corrected chi connectivity index (χ2v) is 7.37. The molecule has 0 spiro atoms. The fourth-order valence-electron chi connectivity index (χ4n) is 3.24. The fourth-order valence-corrected chi connectivity index (χ4v) is 4.54. The molecule has 1 saturated heterocycles. The van der Waals surface area contributed by atoms with Crippen LogP contribution in [0.5, 0.6) is 0 Å². The highest BCUT2D eigenvalue weighted by Crippen LogP contribution is 2.36. The third-order valence-corrected chi connectivity index (χ3v) is 5.34. The number of hydrogen-bond acceptors (Lipinski definition) is 3. The van der Waals surface area contributed by atoms with E-state index in [1.54, 1.807) is 11.3 Å². The van der Waals surface area contributed by atoms with Crippen molar-refractivity contribution < 1.29 is 0 Å². The van der Waals surface area contributed by atoms with Crippen molar-refractivity contribution in [3.8, 4) is 0 Å². The van der Waals surface area contributed by atoms with Gasteiger partial charge < -0.3 is 5.73 Å². The number of nitrogens with zero attached hydrogens (tertiary/aromatic N) is 1. The molecule has 1 aromatic heterocycles. The minimum Gasteiger partial charge on any atom is -0.326 e. The Kier molecular flexibility index (Phi) is 5.70. The highest BCUT2D eigenvalue weighted by Gasteiger charge is 2.32. The van der Waals surface area contributed by atoms with E-state index in [0.717, 1.165) is 4.34 Å². The summed E-state index contributed by atoms with van der Waals surface area (Å²) < 4.78 is 0.865. The quantitative estimate of drug-likeness (QED) is 0.871. The molecule has 19 heavy (non-hydrogen) atoms. The minimum atomic E-state index is 0.146. The van der Waals surface area contributed by atoms with Crippen LogP contribution < -0.4 is 5.73 Å². The zero-order valence-corrected chi connectivity index (χ0v) is 13.5. The summed E-state index contributed by atoms with van der Waals surface area (Å²) in [5.74, 6) is 0. The predicted molar refractivity (Wildman–Crippen MR) is 85.0 cm³/mol. The number of likely N-dealkylation sites (tertiary alicyclic amines) is 1. The Balaban J connectivity index is 2.21. The molecule has 0 amide bonds. The standard InChI is InChI=1S/C15H25ClN2S/c1-3-6-12-7-4-5-10-18(12)15(11(2)17)13-8-9-14(16)19-13/h8-9,11-12,15H,3-7,10,17H2,1-2H3. The second kappa shape index (κ2) is 7.07. The maximum absolute atomic E-state index is 6.29. The normalized spacial score (nSPS) is 24.3. The summed E-state index contributed by atoms with van der Waals surface area (Å²) >= 11 is 7.79. The van der Waals surface area contributed by atoms with Crippen molar-refractivity contribution >= 4 is 22.9 Å². The number of rotatable bonds is 5. The van der Waals surface area contributed by atoms with E-state index in [1.165, 1.54) is 43.5 Å². The summed E-state index contributed by atoms with van der Waals surface area (Å²) in [7, 11) is 0. The van der Waals surface area contributed by atoms with Crippen molar-refractivity contribution in [1.82, 2.24) is 4.90 Å². The molecule has 0 saturated carbocycles. The molecule has 0 aromatic carbocycles. The van der Waals surface area contributed by atoms with Crippen molar-refractivity contribution in [3.05, 3.63) is 21.3 Å². The summed E-state index contributed by atoms with van der Waals surface area (Å²) in [5, 5.41) is 0. The van der Waals surface area contributed by atoms with Gasteiger partial charge in [-0.25, -0.2) is 0 Å². The molecule has 0 aliphatic carbocycles. The molecule has 0 radical (unpaired) electrons. The average Bonchev–Trinajstić information content (AvgIpc) is 2.78. The van der Waals surface area contributed by atoms with E-state index in [0.29, 0.717) is 12.1 Å². The van der Waals surface area contributed by atoms with Crippen LogP contribution in [0.1, 0.15) is 56.9 Å². The van der Waals surface area contributed by atoms with Crippen LogP contribution in [0.25, 0.3) is 0 Å². The van der Waals surface area contributed by atoms with Gasteiger partial charge in [-0.1, -0.05) is 31.4 Å². The lowest BCUT2D eigenvalue weighted by atomic mass is 9.94. The molecule has 2 rings (SSSR count). The second-order valence-electron chi connectivity index (χ2n) is 5.62. The molecule has 4 heteroatoms. The van der Waals surface area contributed by atoms with Crippen LogP contribution in [0.15, 0.2) is 12.1 Å². The monoisotopic (exact) mass is 300 g/mol. The first-order valence-electron chi connectivity index (χ1n) is 7.40. The molecule has 3 atom stereocenters. The highest BCUT2D eigenvalue weighted by molar-refractivity contribution is 7.16. The largest absolute Gasteiger partial charge is 0.326 e. The Labute approximate surface area is 125 Å². The Bertz CT molecular complexity index is 389. The van der Waals surface area contributed by atoms with E-state index in [4.69, 9.17) is 17.3 Å². The van der Waals surface area contributed by atoms with Crippen LogP contribution in [0, 0.1) is 0 Å². The topological polar surface area (TPSA) is 29.3 Å². The van der Waals surface area contributed by atoms with Crippen LogP contribution in [0.2, 0.25) is 4.34 Å². The Hall–Kier alpha value is -0.0900. The Morgan fingerprint density at radius 3 is 2.84 bits per heavy atom. The van der Waals surface area contributed by atoms with Crippen LogP contribution in [0.3, 0.4) is 0 Å².